The lowest BCUT2D eigenvalue weighted by atomic mass is 10.1. The maximum atomic E-state index is 10.9. The number of fused-ring (bicyclic) bond motifs is 1. The lowest BCUT2D eigenvalue weighted by Crippen LogP contribution is -2.31. The van der Waals surface area contributed by atoms with E-state index >= 15 is 0 Å². The maximum Gasteiger partial charge on any atom is 0.335 e. The van der Waals surface area contributed by atoms with Gasteiger partial charge in [0.2, 0.25) is 0 Å². The van der Waals surface area contributed by atoms with Crippen LogP contribution in [0.1, 0.15) is 34.3 Å². The molecular weight excluding hydrogens is 202 g/mol. The van der Waals surface area contributed by atoms with Gasteiger partial charge in [0.05, 0.1) is 5.56 Å². The maximum absolute atomic E-state index is 10.9. The Bertz CT molecular complexity index is 438. The molecule has 0 bridgehead atoms. The van der Waals surface area contributed by atoms with Crippen molar-refractivity contribution in [3.8, 4) is 0 Å². The largest absolute Gasteiger partial charge is 0.478 e. The molecule has 1 atom stereocenters. The molecule has 2 aliphatic carbocycles. The average Bonchev–Trinajstić information content (AvgIpc) is 2.96. The summed E-state index contributed by atoms with van der Waals surface area (Å²) < 4.78 is 0. The van der Waals surface area contributed by atoms with Crippen molar-refractivity contribution < 1.29 is 9.90 Å². The van der Waals surface area contributed by atoms with Gasteiger partial charge in [0.25, 0.3) is 0 Å². The third kappa shape index (κ3) is 1.83. The minimum Gasteiger partial charge on any atom is -0.478 e. The summed E-state index contributed by atoms with van der Waals surface area (Å²) in [5, 5.41) is 12.5. The Morgan fingerprint density at radius 3 is 2.62 bits per heavy atom. The molecule has 1 unspecified atom stereocenters. The fourth-order valence-electron chi connectivity index (χ4n) is 2.45. The second kappa shape index (κ2) is 3.59. The molecule has 1 fully saturated rings. The topological polar surface area (TPSA) is 49.3 Å². The van der Waals surface area contributed by atoms with Gasteiger partial charge in [0.1, 0.15) is 0 Å². The monoisotopic (exact) mass is 217 g/mol. The zero-order valence-electron chi connectivity index (χ0n) is 9.07. The highest BCUT2D eigenvalue weighted by Gasteiger charge is 2.28. The molecule has 0 saturated heterocycles. The van der Waals surface area contributed by atoms with Gasteiger partial charge in [-0.15, -0.1) is 0 Å². The first kappa shape index (κ1) is 9.85. The predicted octanol–water partition coefficient (Wildman–Crippen LogP) is 1.60. The van der Waals surface area contributed by atoms with Crippen molar-refractivity contribution in [1.29, 1.82) is 0 Å². The van der Waals surface area contributed by atoms with E-state index in [1.807, 2.05) is 12.1 Å². The molecule has 84 valence electrons. The summed E-state index contributed by atoms with van der Waals surface area (Å²) in [6, 6.07) is 6.74. The lowest BCUT2D eigenvalue weighted by molar-refractivity contribution is 0.0697. The lowest BCUT2D eigenvalue weighted by Gasteiger charge is -2.09. The van der Waals surface area contributed by atoms with E-state index in [0.717, 1.165) is 18.9 Å². The Kier molecular flexibility index (Phi) is 2.21. The molecule has 2 aliphatic rings. The fourth-order valence-corrected chi connectivity index (χ4v) is 2.45. The van der Waals surface area contributed by atoms with Crippen molar-refractivity contribution >= 4 is 5.97 Å². The van der Waals surface area contributed by atoms with Gasteiger partial charge in [0.15, 0.2) is 0 Å². The fraction of sp³-hybridized carbons (Fsp3) is 0.462. The van der Waals surface area contributed by atoms with Crippen molar-refractivity contribution in [3.05, 3.63) is 34.9 Å². The summed E-state index contributed by atoms with van der Waals surface area (Å²) in [7, 11) is 0. The highest BCUT2D eigenvalue weighted by Crippen LogP contribution is 2.27. The molecule has 3 rings (SSSR count). The van der Waals surface area contributed by atoms with E-state index in [4.69, 9.17) is 5.11 Å². The van der Waals surface area contributed by atoms with Crippen LogP contribution in [0, 0.1) is 0 Å². The van der Waals surface area contributed by atoms with Crippen molar-refractivity contribution in [3.63, 3.8) is 0 Å². The van der Waals surface area contributed by atoms with E-state index in [1.54, 1.807) is 6.07 Å². The average molecular weight is 217 g/mol. The summed E-state index contributed by atoms with van der Waals surface area (Å²) in [5.41, 5.74) is 2.92. The molecule has 1 aromatic rings. The smallest absolute Gasteiger partial charge is 0.335 e. The zero-order chi connectivity index (χ0) is 11.1. The summed E-state index contributed by atoms with van der Waals surface area (Å²) in [5.74, 6) is -0.832. The number of nitrogens with one attached hydrogen (secondary N) is 1. The van der Waals surface area contributed by atoms with E-state index in [-0.39, 0.29) is 0 Å². The molecule has 0 aromatic heterocycles. The molecule has 1 aromatic carbocycles. The van der Waals surface area contributed by atoms with Gasteiger partial charge in [-0.05, 0) is 48.9 Å². The summed E-state index contributed by atoms with van der Waals surface area (Å²) >= 11 is 0. The Labute approximate surface area is 94.5 Å². The number of rotatable bonds is 3. The van der Waals surface area contributed by atoms with Gasteiger partial charge < -0.3 is 10.4 Å². The highest BCUT2D eigenvalue weighted by molar-refractivity contribution is 5.88. The molecule has 0 aliphatic heterocycles. The van der Waals surface area contributed by atoms with Crippen LogP contribution in [0.2, 0.25) is 0 Å². The van der Waals surface area contributed by atoms with Crippen molar-refractivity contribution in [1.82, 2.24) is 5.32 Å². The van der Waals surface area contributed by atoms with Gasteiger partial charge >= 0.3 is 5.97 Å². The first-order valence-corrected chi connectivity index (χ1v) is 5.83. The van der Waals surface area contributed by atoms with E-state index in [9.17, 15) is 4.79 Å². The quantitative estimate of drug-likeness (QED) is 0.808. The zero-order valence-corrected chi connectivity index (χ0v) is 9.07. The molecular formula is C13H15NO2. The van der Waals surface area contributed by atoms with Crippen molar-refractivity contribution in [2.24, 2.45) is 0 Å². The summed E-state index contributed by atoms with van der Waals surface area (Å²) in [6.07, 6.45) is 4.62. The third-order valence-corrected chi connectivity index (χ3v) is 3.43. The van der Waals surface area contributed by atoms with Crippen LogP contribution in [0.15, 0.2) is 18.2 Å². The van der Waals surface area contributed by atoms with E-state index in [2.05, 4.69) is 5.32 Å². The number of carboxylic acids is 1. The second-order valence-electron chi connectivity index (χ2n) is 4.83. The van der Waals surface area contributed by atoms with E-state index < -0.39 is 5.97 Å². The number of carbonyl (C=O) groups is 1. The number of hydrogen-bond acceptors (Lipinski definition) is 2. The SMILES string of the molecule is O=C(O)c1ccc2c(c1)CC(NC1CC1)C2. The minimum atomic E-state index is -0.832. The standard InChI is InChI=1S/C13H15NO2/c15-13(16)9-2-1-8-6-12(7-10(8)5-9)14-11-3-4-11/h1-2,5,11-12,14H,3-4,6-7H2,(H,15,16). The normalized spacial score (nSPS) is 23.1. The van der Waals surface area contributed by atoms with Gasteiger partial charge in [-0.2, -0.15) is 0 Å². The second-order valence-corrected chi connectivity index (χ2v) is 4.83. The van der Waals surface area contributed by atoms with Crippen LogP contribution < -0.4 is 5.32 Å². The Hall–Kier alpha value is -1.35. The summed E-state index contributed by atoms with van der Waals surface area (Å²) in [4.78, 5) is 10.9. The molecule has 1 saturated carbocycles. The van der Waals surface area contributed by atoms with E-state index in [0.29, 0.717) is 11.6 Å². The summed E-state index contributed by atoms with van der Waals surface area (Å²) in [6.45, 7) is 0. The van der Waals surface area contributed by atoms with Crippen LogP contribution in [-0.2, 0) is 12.8 Å². The van der Waals surface area contributed by atoms with Crippen molar-refractivity contribution in [2.75, 3.05) is 0 Å². The van der Waals surface area contributed by atoms with Gasteiger partial charge in [-0.25, -0.2) is 4.79 Å². The molecule has 3 heteroatoms. The molecule has 0 spiro atoms. The first-order chi connectivity index (χ1) is 7.72. The van der Waals surface area contributed by atoms with Crippen LogP contribution in [0.3, 0.4) is 0 Å². The van der Waals surface area contributed by atoms with Gasteiger partial charge in [-0.3, -0.25) is 0 Å². The van der Waals surface area contributed by atoms with Crippen LogP contribution in [0.5, 0.6) is 0 Å². The minimum absolute atomic E-state index is 0.408. The first-order valence-electron chi connectivity index (χ1n) is 5.83. The Morgan fingerprint density at radius 2 is 1.94 bits per heavy atom. The number of aromatic carboxylic acids is 1. The highest BCUT2D eigenvalue weighted by atomic mass is 16.4. The Balaban J connectivity index is 1.77. The third-order valence-electron chi connectivity index (χ3n) is 3.43. The number of benzene rings is 1. The number of hydrogen-bond donors (Lipinski definition) is 2. The molecule has 0 radical (unpaired) electrons. The van der Waals surface area contributed by atoms with Crippen LogP contribution in [0.25, 0.3) is 0 Å². The molecule has 2 N–H and O–H groups in total. The van der Waals surface area contributed by atoms with Crippen LogP contribution in [0.4, 0.5) is 0 Å². The predicted molar refractivity (Wildman–Crippen MR) is 60.8 cm³/mol. The molecule has 0 heterocycles. The van der Waals surface area contributed by atoms with Crippen molar-refractivity contribution in [2.45, 2.75) is 37.8 Å². The number of carboxylic acid groups (broad SMARTS) is 1. The molecule has 0 amide bonds. The van der Waals surface area contributed by atoms with Crippen LogP contribution >= 0.6 is 0 Å². The van der Waals surface area contributed by atoms with Gasteiger partial charge in [-0.1, -0.05) is 6.07 Å². The van der Waals surface area contributed by atoms with Crippen LogP contribution in [-0.4, -0.2) is 23.2 Å². The van der Waals surface area contributed by atoms with E-state index in [1.165, 1.54) is 24.0 Å². The van der Waals surface area contributed by atoms with Gasteiger partial charge in [0, 0.05) is 12.1 Å². The molecule has 3 nitrogen and oxygen atoms in total. The Morgan fingerprint density at radius 1 is 1.19 bits per heavy atom. The molecule has 16 heavy (non-hydrogen) atoms.